The second kappa shape index (κ2) is 14.4. The Kier molecular flexibility index (Phi) is 9.47. The van der Waals surface area contributed by atoms with Gasteiger partial charge in [-0.2, -0.15) is 35.3 Å². The van der Waals surface area contributed by atoms with Gasteiger partial charge in [-0.1, -0.05) is 110 Å². The Labute approximate surface area is 331 Å². The van der Waals surface area contributed by atoms with Crippen molar-refractivity contribution in [1.82, 2.24) is 9.55 Å². The van der Waals surface area contributed by atoms with E-state index in [-0.39, 0.29) is 27.1 Å². The average Bonchev–Trinajstić information content (AvgIpc) is 3.76. The maximum absolute atomic E-state index is 5.11. The topological polar surface area (TPSA) is 37.1 Å². The van der Waals surface area contributed by atoms with Gasteiger partial charge in [0, 0.05) is 43.9 Å². The summed E-state index contributed by atoms with van der Waals surface area (Å²) in [5.41, 5.74) is 9.82. The number of hydrogen-bond donors (Lipinski definition) is 0. The van der Waals surface area contributed by atoms with Gasteiger partial charge in [-0.05, 0) is 72.2 Å². The van der Waals surface area contributed by atoms with Crippen LogP contribution in [0.4, 0.5) is 17.1 Å². The molecule has 0 spiro atoms. The van der Waals surface area contributed by atoms with Crippen LogP contribution in [0.2, 0.25) is 0 Å². The third-order valence-corrected chi connectivity index (χ3v) is 10.5. The van der Waals surface area contributed by atoms with Crippen LogP contribution in [-0.4, -0.2) is 20.5 Å². The molecule has 2 aromatic heterocycles. The number of hydroxylamine groups is 1. The first kappa shape index (κ1) is 35.5. The minimum Gasteiger partial charge on any atom is -0.319 e. The number of pyridine rings is 1. The molecule has 8 aromatic rings. The summed E-state index contributed by atoms with van der Waals surface area (Å²) < 4.78 is 2.28. The average molecular weight is 885 g/mol. The van der Waals surface area contributed by atoms with Crippen molar-refractivity contribution in [2.24, 2.45) is 0 Å². The van der Waals surface area contributed by atoms with Crippen LogP contribution in [-0.2, 0) is 26.5 Å². The van der Waals surface area contributed by atoms with E-state index in [0.717, 1.165) is 61.6 Å². The molecule has 0 bridgehead atoms. The van der Waals surface area contributed by atoms with Crippen molar-refractivity contribution in [3.05, 3.63) is 198 Å². The predicted octanol–water partition coefficient (Wildman–Crippen LogP) is 11.5. The van der Waals surface area contributed by atoms with E-state index in [1.807, 2.05) is 11.3 Å². The number of rotatable bonds is 8. The molecular formula is C48H41N4OPt-. The molecule has 54 heavy (non-hydrogen) atoms. The van der Waals surface area contributed by atoms with Gasteiger partial charge in [-0.25, -0.2) is 4.98 Å². The molecule has 0 saturated carbocycles. The summed E-state index contributed by atoms with van der Waals surface area (Å²) in [6.07, 6.45) is 1.93. The predicted molar refractivity (Wildman–Crippen MR) is 217 cm³/mol. The molecule has 1 aliphatic rings. The summed E-state index contributed by atoms with van der Waals surface area (Å²) in [6, 6.07) is 62.0. The van der Waals surface area contributed by atoms with Gasteiger partial charge in [0.15, 0.2) is 0 Å². The van der Waals surface area contributed by atoms with Gasteiger partial charge < -0.3 is 4.57 Å². The molecule has 1 aliphatic heterocycles. The monoisotopic (exact) mass is 884 g/mol. The molecule has 1 N–H and O–H groups in total. The number of hydrogen-bond acceptors (Lipinski definition) is 3. The molecule has 3 heterocycles. The van der Waals surface area contributed by atoms with E-state index in [2.05, 4.69) is 201 Å². The third kappa shape index (κ3) is 5.75. The van der Waals surface area contributed by atoms with Crippen LogP contribution in [0.25, 0.3) is 27.6 Å². The molecule has 0 radical (unpaired) electrons. The molecule has 0 atom stereocenters. The van der Waals surface area contributed by atoms with Gasteiger partial charge in [0.1, 0.15) is 17.2 Å². The Balaban J connectivity index is 0.00000413. The number of para-hydroxylation sites is 3. The molecule has 6 heteroatoms. The zero-order valence-corrected chi connectivity index (χ0v) is 33.0. The van der Waals surface area contributed by atoms with Crippen LogP contribution in [0, 0.1) is 12.1 Å². The van der Waals surface area contributed by atoms with E-state index >= 15 is 0 Å². The maximum atomic E-state index is 5.11. The normalized spacial score (nSPS) is 12.9. The van der Waals surface area contributed by atoms with Crippen molar-refractivity contribution in [2.45, 2.75) is 45.1 Å². The van der Waals surface area contributed by atoms with E-state index in [9.17, 15) is 0 Å². The summed E-state index contributed by atoms with van der Waals surface area (Å²) in [6.45, 7) is 8.78. The molecule has 0 aliphatic carbocycles. The quantitative estimate of drug-likeness (QED) is 0.0867. The number of fused-ring (bicyclic) bond motifs is 4. The second-order valence-electron chi connectivity index (χ2n) is 14.3. The summed E-state index contributed by atoms with van der Waals surface area (Å²) in [5.74, 6) is 1.26. The van der Waals surface area contributed by atoms with Crippen molar-refractivity contribution in [3.8, 4) is 5.82 Å². The van der Waals surface area contributed by atoms with Crippen LogP contribution in [0.15, 0.2) is 158 Å². The van der Waals surface area contributed by atoms with Gasteiger partial charge in [0.25, 0.3) is 0 Å². The summed E-state index contributed by atoms with van der Waals surface area (Å²) in [5, 5.41) is 6.41. The molecule has 5 nitrogen and oxygen atoms in total. The number of anilines is 3. The molecule has 0 saturated heterocycles. The summed E-state index contributed by atoms with van der Waals surface area (Å²) in [7, 11) is 0. The molecule has 0 fully saturated rings. The first-order valence-electron chi connectivity index (χ1n) is 18.4. The minimum absolute atomic E-state index is 0. The molecule has 0 unspecified atom stereocenters. The van der Waals surface area contributed by atoms with E-state index in [0.29, 0.717) is 5.92 Å². The van der Waals surface area contributed by atoms with Crippen LogP contribution in [0.5, 0.6) is 0 Å². The fourth-order valence-electron chi connectivity index (χ4n) is 7.96. The van der Waals surface area contributed by atoms with Crippen molar-refractivity contribution in [2.75, 3.05) is 10.1 Å². The van der Waals surface area contributed by atoms with Crippen LogP contribution in [0.3, 0.4) is 0 Å². The van der Waals surface area contributed by atoms with E-state index in [1.54, 1.807) is 0 Å². The summed E-state index contributed by atoms with van der Waals surface area (Å²) >= 11 is 0. The van der Waals surface area contributed by atoms with Crippen molar-refractivity contribution < 1.29 is 26.0 Å². The Bertz CT molecular complexity index is 2540. The largest absolute Gasteiger partial charge is 0.319 e. The van der Waals surface area contributed by atoms with E-state index < -0.39 is 5.41 Å². The van der Waals surface area contributed by atoms with Crippen LogP contribution >= 0.6 is 0 Å². The Hall–Kier alpha value is -5.48. The third-order valence-electron chi connectivity index (χ3n) is 10.5. The summed E-state index contributed by atoms with van der Waals surface area (Å²) in [4.78, 5) is 10.1. The van der Waals surface area contributed by atoms with Gasteiger partial charge in [-0.15, -0.1) is 38.8 Å². The molecule has 6 aromatic carbocycles. The number of aromatic nitrogens is 2. The van der Waals surface area contributed by atoms with Crippen molar-refractivity contribution in [3.63, 3.8) is 0 Å². The minimum atomic E-state index is -0.780. The van der Waals surface area contributed by atoms with E-state index in [1.165, 1.54) is 10.9 Å². The Morgan fingerprint density at radius 2 is 1.26 bits per heavy atom. The van der Waals surface area contributed by atoms with Gasteiger partial charge in [0.2, 0.25) is 0 Å². The van der Waals surface area contributed by atoms with Gasteiger partial charge in [-0.3, -0.25) is 0 Å². The fourth-order valence-corrected chi connectivity index (χ4v) is 7.96. The molecule has 9 rings (SSSR count). The van der Waals surface area contributed by atoms with Crippen molar-refractivity contribution in [1.29, 1.82) is 0 Å². The molecule has 0 amide bonds. The second-order valence-corrected chi connectivity index (χ2v) is 14.3. The Morgan fingerprint density at radius 1 is 0.611 bits per heavy atom. The SMILES string of the molecule is CC(C)c1ccnc(-n2c3[c-]c(C(c4[c-]c(N5[OH+]N(C(C)C)c6ccccc65)ccc4)(c4ccccc4)c4ccccc4)ccc3c3ccccc32)c1.[Pt]. The van der Waals surface area contributed by atoms with Gasteiger partial charge >= 0.3 is 0 Å². The standard InChI is InChI=1S/C48H40N4O.Pt/c1-33(2)35-28-29-49-47(30-35)50-43-23-12-11-22-41(43)42-27-26-39(32-46(42)50)48(36-16-7-5-8-17-36,37-18-9-6-10-19-37)38-20-15-21-40(31-38)52-45-25-14-13-24-44(45)51(53-52)34(3)4;/h5-30,33-34H,1-4H3;/q-2;/p+1. The maximum Gasteiger partial charge on any atom is 0.145 e. The van der Waals surface area contributed by atoms with Crippen LogP contribution < -0.4 is 10.1 Å². The smallest absolute Gasteiger partial charge is 0.145 e. The zero-order chi connectivity index (χ0) is 36.1. The first-order chi connectivity index (χ1) is 25.9. The molecule has 270 valence electrons. The number of nitrogens with zero attached hydrogens (tertiary/aromatic N) is 4. The van der Waals surface area contributed by atoms with Crippen LogP contribution in [0.1, 0.15) is 61.4 Å². The van der Waals surface area contributed by atoms with E-state index in [4.69, 9.17) is 9.92 Å². The fraction of sp³-hybridized carbons (Fsp3) is 0.146. The van der Waals surface area contributed by atoms with Crippen molar-refractivity contribution >= 4 is 38.9 Å². The number of benzene rings is 6. The zero-order valence-electron chi connectivity index (χ0n) is 30.7. The molecular weight excluding hydrogens is 844 g/mol. The van der Waals surface area contributed by atoms with Gasteiger partial charge in [0.05, 0.1) is 6.04 Å². The first-order valence-corrected chi connectivity index (χ1v) is 18.4. The Morgan fingerprint density at radius 3 is 1.96 bits per heavy atom.